The molecule has 6 heteroatoms. The summed E-state index contributed by atoms with van der Waals surface area (Å²) in [5.41, 5.74) is 3.86. The molecule has 1 aromatic rings. The fraction of sp³-hybridized carbons (Fsp3) is 0.545. The minimum Gasteiger partial charge on any atom is -0.450 e. The van der Waals surface area contributed by atoms with Crippen LogP contribution in [0.1, 0.15) is 37.8 Å². The molecule has 0 bridgehead atoms. The normalized spacial score (nSPS) is 21.7. The van der Waals surface area contributed by atoms with E-state index in [0.29, 0.717) is 37.1 Å². The minimum atomic E-state index is -0.739. The molecule has 0 unspecified atom stereocenters. The van der Waals surface area contributed by atoms with Gasteiger partial charge in [0, 0.05) is 57.3 Å². The van der Waals surface area contributed by atoms with Crippen LogP contribution in [0.15, 0.2) is 29.3 Å². The number of esters is 1. The highest BCUT2D eigenvalue weighted by molar-refractivity contribution is 6.07. The predicted molar refractivity (Wildman–Crippen MR) is 108 cm³/mol. The third kappa shape index (κ3) is 3.09. The lowest BCUT2D eigenvalue weighted by Crippen LogP contribution is -2.49. The summed E-state index contributed by atoms with van der Waals surface area (Å²) in [7, 11) is 1.90. The maximum atomic E-state index is 13.6. The molecular weight excluding hydrogens is 354 g/mol. The van der Waals surface area contributed by atoms with Crippen LogP contribution in [0.5, 0.6) is 0 Å². The van der Waals surface area contributed by atoms with Crippen LogP contribution in [0.2, 0.25) is 0 Å². The summed E-state index contributed by atoms with van der Waals surface area (Å²) in [6.07, 6.45) is 2.22. The summed E-state index contributed by atoms with van der Waals surface area (Å²) in [5, 5.41) is 3.16. The van der Waals surface area contributed by atoms with E-state index in [1.165, 1.54) is 11.1 Å². The number of fused-ring (bicyclic) bond motifs is 1. The maximum absolute atomic E-state index is 13.6. The summed E-state index contributed by atoms with van der Waals surface area (Å²) in [4.78, 5) is 30.2. The van der Waals surface area contributed by atoms with E-state index in [1.807, 2.05) is 11.9 Å². The minimum absolute atomic E-state index is 0.0335. The number of amides is 1. The van der Waals surface area contributed by atoms with Crippen molar-refractivity contribution in [2.45, 2.75) is 45.3 Å². The molecule has 0 radical (unpaired) electrons. The lowest BCUT2D eigenvalue weighted by Gasteiger charge is -2.40. The predicted octanol–water partition coefficient (Wildman–Crippen LogP) is 2.34. The summed E-state index contributed by atoms with van der Waals surface area (Å²) in [6.45, 7) is 7.81. The molecular formula is C22H29N3O3. The van der Waals surface area contributed by atoms with Crippen LogP contribution < -0.4 is 5.32 Å². The molecule has 3 aliphatic rings. The van der Waals surface area contributed by atoms with Crippen molar-refractivity contribution < 1.29 is 14.3 Å². The Hall–Kier alpha value is -2.34. The van der Waals surface area contributed by atoms with E-state index in [0.717, 1.165) is 31.7 Å². The molecule has 1 N–H and O–H groups in total. The first kappa shape index (κ1) is 19.0. The number of hydrogen-bond donors (Lipinski definition) is 1. The lowest BCUT2D eigenvalue weighted by atomic mass is 9.82. The molecule has 1 spiro atoms. The van der Waals surface area contributed by atoms with Crippen LogP contribution in [-0.4, -0.2) is 60.5 Å². The van der Waals surface area contributed by atoms with Gasteiger partial charge in [0.05, 0.1) is 5.57 Å². The molecule has 1 amide bonds. The molecule has 1 aromatic carbocycles. The summed E-state index contributed by atoms with van der Waals surface area (Å²) in [5.74, 6) is -0.364. The summed E-state index contributed by atoms with van der Waals surface area (Å²) in [6, 6.07) is 6.32. The van der Waals surface area contributed by atoms with Crippen molar-refractivity contribution >= 4 is 17.6 Å². The fourth-order valence-corrected chi connectivity index (χ4v) is 4.73. The molecule has 1 fully saturated rings. The number of carbonyl (C=O) groups excluding carboxylic acids is 2. The molecule has 3 aliphatic heterocycles. The molecule has 0 aliphatic carbocycles. The van der Waals surface area contributed by atoms with Crippen molar-refractivity contribution in [3.63, 3.8) is 0 Å². The van der Waals surface area contributed by atoms with Crippen LogP contribution in [0.3, 0.4) is 0 Å². The van der Waals surface area contributed by atoms with E-state index >= 15 is 0 Å². The Morgan fingerprint density at radius 2 is 1.96 bits per heavy atom. The van der Waals surface area contributed by atoms with Gasteiger partial charge in [-0.3, -0.25) is 4.79 Å². The second-order valence-corrected chi connectivity index (χ2v) is 8.03. The number of piperidine rings is 1. The SMILES string of the molecule is CCN1CCC2(CC1)OC(=O)C(C)=C2C(=O)N1CCc2ccc(NC)cc2C1. The van der Waals surface area contributed by atoms with E-state index in [2.05, 4.69) is 35.3 Å². The van der Waals surface area contributed by atoms with Crippen molar-refractivity contribution in [2.24, 2.45) is 0 Å². The first-order valence-electron chi connectivity index (χ1n) is 10.2. The standard InChI is InChI=1S/C22H29N3O3/c1-4-24-11-8-22(9-12-24)19(15(2)21(27)28-22)20(26)25-10-7-16-5-6-18(23-3)13-17(16)14-25/h5-6,13,23H,4,7-12,14H2,1-3H3. The third-order valence-corrected chi connectivity index (χ3v) is 6.54. The second-order valence-electron chi connectivity index (χ2n) is 8.03. The van der Waals surface area contributed by atoms with Gasteiger partial charge in [0.1, 0.15) is 5.60 Å². The van der Waals surface area contributed by atoms with Crippen LogP contribution in [-0.2, 0) is 27.3 Å². The average Bonchev–Trinajstić information content (AvgIpc) is 2.96. The molecule has 0 aromatic heterocycles. The van der Waals surface area contributed by atoms with Gasteiger partial charge >= 0.3 is 5.97 Å². The van der Waals surface area contributed by atoms with Crippen molar-refractivity contribution in [3.8, 4) is 0 Å². The number of nitrogens with one attached hydrogen (secondary N) is 1. The largest absolute Gasteiger partial charge is 0.450 e. The number of nitrogens with zero attached hydrogens (tertiary/aromatic N) is 2. The molecule has 4 rings (SSSR count). The van der Waals surface area contributed by atoms with E-state index in [-0.39, 0.29) is 11.9 Å². The second kappa shape index (κ2) is 7.24. The Balaban J connectivity index is 1.60. The van der Waals surface area contributed by atoms with Crippen molar-refractivity contribution in [3.05, 3.63) is 40.5 Å². The van der Waals surface area contributed by atoms with Crippen molar-refractivity contribution in [1.82, 2.24) is 9.80 Å². The highest BCUT2D eigenvalue weighted by atomic mass is 16.6. The molecule has 3 heterocycles. The van der Waals surface area contributed by atoms with E-state index in [9.17, 15) is 9.59 Å². The Kier molecular flexibility index (Phi) is 4.91. The van der Waals surface area contributed by atoms with Gasteiger partial charge in [-0.25, -0.2) is 4.79 Å². The summed E-state index contributed by atoms with van der Waals surface area (Å²) >= 11 is 0. The van der Waals surface area contributed by atoms with E-state index in [1.54, 1.807) is 6.92 Å². The smallest absolute Gasteiger partial charge is 0.335 e. The topological polar surface area (TPSA) is 61.9 Å². The van der Waals surface area contributed by atoms with Gasteiger partial charge in [0.2, 0.25) is 0 Å². The van der Waals surface area contributed by atoms with Gasteiger partial charge in [-0.1, -0.05) is 13.0 Å². The van der Waals surface area contributed by atoms with Crippen LogP contribution in [0.25, 0.3) is 0 Å². The number of carbonyl (C=O) groups is 2. The average molecular weight is 383 g/mol. The Labute approximate surface area is 166 Å². The summed E-state index contributed by atoms with van der Waals surface area (Å²) < 4.78 is 5.83. The van der Waals surface area contributed by atoms with Crippen LogP contribution in [0, 0.1) is 0 Å². The van der Waals surface area contributed by atoms with Gasteiger partial charge in [0.15, 0.2) is 0 Å². The van der Waals surface area contributed by atoms with Gasteiger partial charge < -0.3 is 19.9 Å². The van der Waals surface area contributed by atoms with Crippen LogP contribution in [0.4, 0.5) is 5.69 Å². The first-order chi connectivity index (χ1) is 13.5. The number of hydrogen-bond acceptors (Lipinski definition) is 5. The number of anilines is 1. The zero-order valence-corrected chi connectivity index (χ0v) is 17.0. The van der Waals surface area contributed by atoms with Crippen LogP contribution >= 0.6 is 0 Å². The Morgan fingerprint density at radius 3 is 2.64 bits per heavy atom. The number of ether oxygens (including phenoxy) is 1. The highest BCUT2D eigenvalue weighted by Gasteiger charge is 2.51. The molecule has 0 atom stereocenters. The number of rotatable bonds is 3. The quantitative estimate of drug-likeness (QED) is 0.812. The molecule has 0 saturated carbocycles. The van der Waals surface area contributed by atoms with Crippen molar-refractivity contribution in [2.75, 3.05) is 38.5 Å². The Bertz CT molecular complexity index is 837. The monoisotopic (exact) mass is 383 g/mol. The van der Waals surface area contributed by atoms with Crippen molar-refractivity contribution in [1.29, 1.82) is 0 Å². The third-order valence-electron chi connectivity index (χ3n) is 6.54. The van der Waals surface area contributed by atoms with Gasteiger partial charge in [-0.05, 0) is 43.1 Å². The zero-order valence-electron chi connectivity index (χ0n) is 17.0. The molecule has 6 nitrogen and oxygen atoms in total. The number of benzene rings is 1. The number of likely N-dealkylation sites (tertiary alicyclic amines) is 1. The molecule has 1 saturated heterocycles. The first-order valence-corrected chi connectivity index (χ1v) is 10.2. The van der Waals surface area contributed by atoms with Gasteiger partial charge in [-0.15, -0.1) is 0 Å². The van der Waals surface area contributed by atoms with E-state index in [4.69, 9.17) is 4.74 Å². The molecule has 28 heavy (non-hydrogen) atoms. The zero-order chi connectivity index (χ0) is 19.9. The lowest BCUT2D eigenvalue weighted by molar-refractivity contribution is -0.151. The highest BCUT2D eigenvalue weighted by Crippen LogP contribution is 2.42. The molecule has 150 valence electrons. The Morgan fingerprint density at radius 1 is 1.21 bits per heavy atom. The fourth-order valence-electron chi connectivity index (χ4n) is 4.73. The van der Waals surface area contributed by atoms with E-state index < -0.39 is 5.60 Å². The van der Waals surface area contributed by atoms with Gasteiger partial charge in [-0.2, -0.15) is 0 Å². The van der Waals surface area contributed by atoms with Gasteiger partial charge in [0.25, 0.3) is 5.91 Å². The maximum Gasteiger partial charge on any atom is 0.335 e.